The van der Waals surface area contributed by atoms with Gasteiger partial charge in [0.1, 0.15) is 0 Å². The van der Waals surface area contributed by atoms with Crippen molar-refractivity contribution in [1.82, 2.24) is 4.90 Å². The lowest BCUT2D eigenvalue weighted by Crippen LogP contribution is -2.28. The first-order chi connectivity index (χ1) is 11.9. The molecule has 0 unspecified atom stereocenters. The van der Waals surface area contributed by atoms with Gasteiger partial charge in [0.25, 0.3) is 5.91 Å². The van der Waals surface area contributed by atoms with Crippen LogP contribution >= 0.6 is 0 Å². The van der Waals surface area contributed by atoms with Gasteiger partial charge < -0.3 is 14.4 Å². The van der Waals surface area contributed by atoms with E-state index in [4.69, 9.17) is 9.47 Å². The zero-order valence-electron chi connectivity index (χ0n) is 14.4. The Morgan fingerprint density at radius 2 is 1.96 bits per heavy atom. The van der Waals surface area contributed by atoms with Gasteiger partial charge in [0.2, 0.25) is 5.91 Å². The molecule has 0 aliphatic heterocycles. The number of ether oxygens (including phenoxy) is 2. The molecule has 8 nitrogen and oxygen atoms in total. The SMILES string of the molecule is C/C=C\C(=O)N(C)CCC(=O)Oc1ccc(CC(=O)N=O)cc1OC. The number of carbonyl (C=O) groups excluding carboxylic acids is 3. The maximum atomic E-state index is 11.9. The van der Waals surface area contributed by atoms with E-state index in [0.29, 0.717) is 5.56 Å². The highest BCUT2D eigenvalue weighted by Crippen LogP contribution is 2.28. The lowest BCUT2D eigenvalue weighted by Gasteiger charge is -2.15. The highest BCUT2D eigenvalue weighted by Gasteiger charge is 2.14. The molecule has 2 amide bonds. The van der Waals surface area contributed by atoms with Crippen molar-refractivity contribution in [2.24, 2.45) is 5.18 Å². The van der Waals surface area contributed by atoms with E-state index < -0.39 is 11.9 Å². The molecular weight excluding hydrogens is 328 g/mol. The number of carbonyl (C=O) groups is 3. The Bertz CT molecular complexity index is 684. The van der Waals surface area contributed by atoms with Gasteiger partial charge >= 0.3 is 5.97 Å². The first kappa shape index (κ1) is 20.0. The third-order valence-electron chi connectivity index (χ3n) is 3.25. The van der Waals surface area contributed by atoms with Gasteiger partial charge in [-0.1, -0.05) is 12.1 Å². The fourth-order valence-corrected chi connectivity index (χ4v) is 1.93. The molecule has 1 aromatic rings. The fourth-order valence-electron chi connectivity index (χ4n) is 1.93. The van der Waals surface area contributed by atoms with E-state index in [0.717, 1.165) is 0 Å². The minimum Gasteiger partial charge on any atom is -0.493 e. The van der Waals surface area contributed by atoms with Crippen LogP contribution < -0.4 is 9.47 Å². The average molecular weight is 348 g/mol. The van der Waals surface area contributed by atoms with Crippen molar-refractivity contribution in [3.8, 4) is 11.5 Å². The molecular formula is C17H20N2O6. The van der Waals surface area contributed by atoms with Crippen LogP contribution in [0, 0.1) is 4.91 Å². The molecule has 0 saturated heterocycles. The van der Waals surface area contributed by atoms with Crippen LogP contribution in [0.2, 0.25) is 0 Å². The lowest BCUT2D eigenvalue weighted by molar-refractivity contribution is -0.135. The summed E-state index contributed by atoms with van der Waals surface area (Å²) in [6, 6.07) is 4.50. The average Bonchev–Trinajstić information content (AvgIpc) is 2.60. The van der Waals surface area contributed by atoms with Crippen molar-refractivity contribution < 1.29 is 23.9 Å². The van der Waals surface area contributed by atoms with Gasteiger partial charge in [-0.3, -0.25) is 14.4 Å². The summed E-state index contributed by atoms with van der Waals surface area (Å²) in [5.74, 6) is -1.10. The smallest absolute Gasteiger partial charge is 0.313 e. The van der Waals surface area contributed by atoms with Gasteiger partial charge in [-0.15, -0.1) is 4.91 Å². The van der Waals surface area contributed by atoms with Crippen molar-refractivity contribution in [3.05, 3.63) is 40.8 Å². The molecule has 1 aromatic carbocycles. The quantitative estimate of drug-likeness (QED) is 0.307. The topological polar surface area (TPSA) is 102 Å². The Hall–Kier alpha value is -3.03. The molecule has 0 aliphatic rings. The maximum absolute atomic E-state index is 11.9. The third-order valence-corrected chi connectivity index (χ3v) is 3.25. The van der Waals surface area contributed by atoms with Crippen LogP contribution in [0.5, 0.6) is 11.5 Å². The number of rotatable bonds is 8. The van der Waals surface area contributed by atoms with Crippen LogP contribution in [0.3, 0.4) is 0 Å². The molecule has 0 aromatic heterocycles. The number of esters is 1. The molecule has 0 atom stereocenters. The molecule has 134 valence electrons. The van der Waals surface area contributed by atoms with Crippen LogP contribution in [0.25, 0.3) is 0 Å². The Kier molecular flexibility index (Phi) is 7.98. The van der Waals surface area contributed by atoms with E-state index in [2.05, 4.69) is 5.18 Å². The number of likely N-dealkylation sites (N-methyl/N-ethyl adjacent to an activating group) is 1. The first-order valence-corrected chi connectivity index (χ1v) is 7.52. The first-order valence-electron chi connectivity index (χ1n) is 7.52. The second kappa shape index (κ2) is 9.96. The molecule has 0 radical (unpaired) electrons. The van der Waals surface area contributed by atoms with Crippen LogP contribution in [0.4, 0.5) is 0 Å². The Balaban J connectivity index is 2.68. The minimum absolute atomic E-state index is 0.0122. The highest BCUT2D eigenvalue weighted by molar-refractivity contribution is 5.87. The number of hydrogen-bond acceptors (Lipinski definition) is 6. The molecule has 0 saturated carbocycles. The molecule has 1 rings (SSSR count). The predicted octanol–water partition coefficient (Wildman–Crippen LogP) is 1.86. The number of hydrogen-bond donors (Lipinski definition) is 0. The van der Waals surface area contributed by atoms with Gasteiger partial charge in [0.05, 0.1) is 20.0 Å². The molecule has 0 fully saturated rings. The molecule has 8 heteroatoms. The number of methoxy groups -OCH3 is 1. The molecule has 0 heterocycles. The van der Waals surface area contributed by atoms with Crippen LogP contribution in [-0.2, 0) is 20.8 Å². The molecule has 0 spiro atoms. The summed E-state index contributed by atoms with van der Waals surface area (Å²) in [6.45, 7) is 1.94. The van der Waals surface area contributed by atoms with Crippen molar-refractivity contribution in [1.29, 1.82) is 0 Å². The summed E-state index contributed by atoms with van der Waals surface area (Å²) < 4.78 is 10.3. The summed E-state index contributed by atoms with van der Waals surface area (Å²) in [4.78, 5) is 46.1. The zero-order valence-corrected chi connectivity index (χ0v) is 14.4. The molecule has 0 bridgehead atoms. The van der Waals surface area contributed by atoms with E-state index in [1.807, 2.05) is 0 Å². The predicted molar refractivity (Wildman–Crippen MR) is 90.2 cm³/mol. The molecule has 25 heavy (non-hydrogen) atoms. The van der Waals surface area contributed by atoms with E-state index in [9.17, 15) is 19.3 Å². The molecule has 0 N–H and O–H groups in total. The summed E-state index contributed by atoms with van der Waals surface area (Å²) in [7, 11) is 2.98. The maximum Gasteiger partial charge on any atom is 0.313 e. The van der Waals surface area contributed by atoms with E-state index in [-0.39, 0.29) is 36.8 Å². The normalized spacial score (nSPS) is 10.4. The Morgan fingerprint density at radius 1 is 1.24 bits per heavy atom. The summed E-state index contributed by atoms with van der Waals surface area (Å²) in [5, 5.41) is 2.33. The summed E-state index contributed by atoms with van der Waals surface area (Å²) in [6.07, 6.45) is 2.88. The van der Waals surface area contributed by atoms with Gasteiger partial charge in [-0.2, -0.15) is 0 Å². The van der Waals surface area contributed by atoms with Gasteiger partial charge in [0, 0.05) is 18.8 Å². The monoisotopic (exact) mass is 348 g/mol. The second-order valence-electron chi connectivity index (χ2n) is 5.13. The lowest BCUT2D eigenvalue weighted by atomic mass is 10.1. The van der Waals surface area contributed by atoms with E-state index in [1.165, 1.54) is 36.3 Å². The number of allylic oxidation sites excluding steroid dienone is 1. The number of benzene rings is 1. The fraction of sp³-hybridized carbons (Fsp3) is 0.353. The van der Waals surface area contributed by atoms with Crippen LogP contribution in [-0.4, -0.2) is 43.4 Å². The second-order valence-corrected chi connectivity index (χ2v) is 5.13. The van der Waals surface area contributed by atoms with E-state index >= 15 is 0 Å². The Morgan fingerprint density at radius 3 is 2.56 bits per heavy atom. The van der Waals surface area contributed by atoms with Gasteiger partial charge in [-0.25, -0.2) is 0 Å². The number of nitrogens with zero attached hydrogens (tertiary/aromatic N) is 2. The number of amides is 2. The standard InChI is InChI=1S/C17H20N2O6/c1-4-5-16(21)19(2)9-8-17(22)25-13-7-6-12(10-14(13)24-3)11-15(20)18-23/h4-7,10H,8-9,11H2,1-3H3/b5-4-. The zero-order chi connectivity index (χ0) is 18.8. The molecule has 0 aliphatic carbocycles. The van der Waals surface area contributed by atoms with Crippen LogP contribution in [0.1, 0.15) is 18.9 Å². The minimum atomic E-state index is -0.805. The van der Waals surface area contributed by atoms with Crippen molar-refractivity contribution in [2.45, 2.75) is 19.8 Å². The van der Waals surface area contributed by atoms with Gasteiger partial charge in [0.15, 0.2) is 11.5 Å². The van der Waals surface area contributed by atoms with Crippen molar-refractivity contribution >= 4 is 17.8 Å². The van der Waals surface area contributed by atoms with E-state index in [1.54, 1.807) is 20.0 Å². The number of nitroso groups, excluding NO2 is 1. The highest BCUT2D eigenvalue weighted by atomic mass is 16.6. The third kappa shape index (κ3) is 6.54. The summed E-state index contributed by atoms with van der Waals surface area (Å²) in [5.41, 5.74) is 0.512. The van der Waals surface area contributed by atoms with Crippen molar-refractivity contribution in [2.75, 3.05) is 20.7 Å². The van der Waals surface area contributed by atoms with Crippen LogP contribution in [0.15, 0.2) is 35.5 Å². The largest absolute Gasteiger partial charge is 0.493 e. The van der Waals surface area contributed by atoms with Gasteiger partial charge in [-0.05, 0) is 30.7 Å². The Labute approximate surface area is 145 Å². The van der Waals surface area contributed by atoms with Crippen molar-refractivity contribution in [3.63, 3.8) is 0 Å². The summed E-state index contributed by atoms with van der Waals surface area (Å²) >= 11 is 0.